The molecule has 3 nitrogen and oxygen atoms in total. The van der Waals surface area contributed by atoms with Crippen molar-refractivity contribution >= 4 is 0 Å². The molecule has 0 aromatic carbocycles. The fourth-order valence-electron chi connectivity index (χ4n) is 3.67. The van der Waals surface area contributed by atoms with Gasteiger partial charge in [0, 0.05) is 38.2 Å². The Morgan fingerprint density at radius 1 is 1.20 bits per heavy atom. The van der Waals surface area contributed by atoms with E-state index in [4.69, 9.17) is 4.74 Å². The summed E-state index contributed by atoms with van der Waals surface area (Å²) in [5, 5.41) is 0. The van der Waals surface area contributed by atoms with Crippen molar-refractivity contribution in [3.8, 4) is 0 Å². The molecule has 3 rings (SSSR count). The van der Waals surface area contributed by atoms with Gasteiger partial charge in [-0.1, -0.05) is 0 Å². The second kappa shape index (κ2) is 3.44. The Balaban J connectivity index is 1.50. The first-order valence-electron chi connectivity index (χ1n) is 6.16. The normalized spacial score (nSPS) is 40.4. The molecule has 0 N–H and O–H groups in total. The zero-order chi connectivity index (χ0) is 10.5. The summed E-state index contributed by atoms with van der Waals surface area (Å²) in [6.45, 7) is 5.32. The lowest BCUT2D eigenvalue weighted by Gasteiger charge is -2.47. The Hall–Kier alpha value is -0.120. The number of ether oxygens (including phenoxy) is 1. The van der Waals surface area contributed by atoms with Crippen LogP contribution < -0.4 is 0 Å². The second-order valence-electron chi connectivity index (χ2n) is 5.88. The summed E-state index contributed by atoms with van der Waals surface area (Å²) >= 11 is 0. The highest BCUT2D eigenvalue weighted by molar-refractivity contribution is 5.03. The van der Waals surface area contributed by atoms with Crippen molar-refractivity contribution in [1.29, 1.82) is 0 Å². The minimum absolute atomic E-state index is 0.551. The number of hydrogen-bond acceptors (Lipinski definition) is 3. The molecule has 1 aliphatic carbocycles. The molecule has 0 bridgehead atoms. The van der Waals surface area contributed by atoms with Crippen LogP contribution in [0, 0.1) is 5.41 Å². The Morgan fingerprint density at radius 2 is 1.93 bits per heavy atom. The van der Waals surface area contributed by atoms with E-state index in [2.05, 4.69) is 16.8 Å². The summed E-state index contributed by atoms with van der Waals surface area (Å²) in [4.78, 5) is 5.16. The van der Waals surface area contributed by atoms with Crippen molar-refractivity contribution in [3.63, 3.8) is 0 Å². The SMILES string of the molecule is COC1CC(N2CCC3(CN(C)C3)C2)C1. The summed E-state index contributed by atoms with van der Waals surface area (Å²) in [6.07, 6.45) is 4.51. The fourth-order valence-corrected chi connectivity index (χ4v) is 3.67. The predicted molar refractivity (Wildman–Crippen MR) is 59.9 cm³/mol. The van der Waals surface area contributed by atoms with E-state index in [-0.39, 0.29) is 0 Å². The maximum absolute atomic E-state index is 5.35. The monoisotopic (exact) mass is 210 g/mol. The standard InChI is InChI=1S/C12H22N2O/c1-13-7-12(8-13)3-4-14(9-12)10-5-11(6-10)15-2/h10-11H,3-9H2,1-2H3. The third kappa shape index (κ3) is 1.61. The Kier molecular flexibility index (Phi) is 2.31. The maximum Gasteiger partial charge on any atom is 0.0601 e. The predicted octanol–water partition coefficient (Wildman–Crippen LogP) is 0.801. The summed E-state index contributed by atoms with van der Waals surface area (Å²) in [7, 11) is 4.07. The molecule has 0 atom stereocenters. The molecule has 3 heteroatoms. The average molecular weight is 210 g/mol. The van der Waals surface area contributed by atoms with Crippen LogP contribution in [0.25, 0.3) is 0 Å². The molecule has 2 aliphatic heterocycles. The van der Waals surface area contributed by atoms with Gasteiger partial charge in [-0.2, -0.15) is 0 Å². The molecule has 1 spiro atoms. The van der Waals surface area contributed by atoms with E-state index in [0.29, 0.717) is 11.5 Å². The Bertz CT molecular complexity index is 244. The second-order valence-corrected chi connectivity index (χ2v) is 5.88. The van der Waals surface area contributed by atoms with E-state index < -0.39 is 0 Å². The van der Waals surface area contributed by atoms with Gasteiger partial charge in [-0.3, -0.25) is 4.90 Å². The van der Waals surface area contributed by atoms with Gasteiger partial charge in [-0.05, 0) is 32.9 Å². The first kappa shape index (κ1) is 10.1. The van der Waals surface area contributed by atoms with Gasteiger partial charge in [-0.15, -0.1) is 0 Å². The van der Waals surface area contributed by atoms with Crippen LogP contribution in [-0.4, -0.2) is 62.3 Å². The smallest absolute Gasteiger partial charge is 0.0601 e. The number of rotatable bonds is 2. The maximum atomic E-state index is 5.35. The highest BCUT2D eigenvalue weighted by atomic mass is 16.5. The zero-order valence-corrected chi connectivity index (χ0v) is 9.91. The third-order valence-corrected chi connectivity index (χ3v) is 4.60. The molecule has 15 heavy (non-hydrogen) atoms. The molecule has 3 aliphatic rings. The molecule has 0 aromatic rings. The first-order valence-corrected chi connectivity index (χ1v) is 6.16. The molecule has 86 valence electrons. The van der Waals surface area contributed by atoms with Crippen molar-refractivity contribution in [2.24, 2.45) is 5.41 Å². The fraction of sp³-hybridized carbons (Fsp3) is 1.00. The van der Waals surface area contributed by atoms with E-state index in [9.17, 15) is 0 Å². The Labute approximate surface area is 92.4 Å². The number of methoxy groups -OCH3 is 1. The van der Waals surface area contributed by atoms with E-state index in [1.165, 1.54) is 45.4 Å². The number of likely N-dealkylation sites (tertiary alicyclic amines) is 2. The van der Waals surface area contributed by atoms with Crippen molar-refractivity contribution < 1.29 is 4.74 Å². The van der Waals surface area contributed by atoms with Crippen LogP contribution in [0.2, 0.25) is 0 Å². The molecule has 0 radical (unpaired) electrons. The van der Waals surface area contributed by atoms with Crippen LogP contribution in [-0.2, 0) is 4.74 Å². The first-order chi connectivity index (χ1) is 7.21. The highest BCUT2D eigenvalue weighted by Gasteiger charge is 2.48. The van der Waals surface area contributed by atoms with Gasteiger partial charge < -0.3 is 9.64 Å². The molecular formula is C12H22N2O. The van der Waals surface area contributed by atoms with Crippen LogP contribution in [0.4, 0.5) is 0 Å². The molecule has 3 fully saturated rings. The van der Waals surface area contributed by atoms with E-state index >= 15 is 0 Å². The lowest BCUT2D eigenvalue weighted by Crippen LogP contribution is -2.56. The summed E-state index contributed by atoms with van der Waals surface area (Å²) < 4.78 is 5.35. The third-order valence-electron chi connectivity index (χ3n) is 4.60. The average Bonchev–Trinajstić information content (AvgIpc) is 2.47. The molecule has 2 saturated heterocycles. The molecule has 0 aromatic heterocycles. The van der Waals surface area contributed by atoms with E-state index in [1.807, 2.05) is 7.11 Å². The van der Waals surface area contributed by atoms with Gasteiger partial charge >= 0.3 is 0 Å². The van der Waals surface area contributed by atoms with Gasteiger partial charge in [0.1, 0.15) is 0 Å². The van der Waals surface area contributed by atoms with E-state index in [1.54, 1.807) is 0 Å². The van der Waals surface area contributed by atoms with Crippen LogP contribution in [0.1, 0.15) is 19.3 Å². The molecule has 1 saturated carbocycles. The topological polar surface area (TPSA) is 15.7 Å². The summed E-state index contributed by atoms with van der Waals surface area (Å²) in [6, 6.07) is 0.834. The quantitative estimate of drug-likeness (QED) is 0.670. The number of nitrogens with zero attached hydrogens (tertiary/aromatic N) is 2. The van der Waals surface area contributed by atoms with Crippen LogP contribution in [0.3, 0.4) is 0 Å². The summed E-state index contributed by atoms with van der Waals surface area (Å²) in [5.41, 5.74) is 0.674. The largest absolute Gasteiger partial charge is 0.381 e. The van der Waals surface area contributed by atoms with Gasteiger partial charge in [0.15, 0.2) is 0 Å². The molecule has 0 amide bonds. The van der Waals surface area contributed by atoms with Gasteiger partial charge in [0.2, 0.25) is 0 Å². The van der Waals surface area contributed by atoms with Crippen molar-refractivity contribution in [3.05, 3.63) is 0 Å². The summed E-state index contributed by atoms with van der Waals surface area (Å²) in [5.74, 6) is 0. The minimum atomic E-state index is 0.551. The van der Waals surface area contributed by atoms with E-state index in [0.717, 1.165) is 6.04 Å². The van der Waals surface area contributed by atoms with Crippen LogP contribution >= 0.6 is 0 Å². The van der Waals surface area contributed by atoms with Crippen LogP contribution in [0.15, 0.2) is 0 Å². The molecular weight excluding hydrogens is 188 g/mol. The van der Waals surface area contributed by atoms with Crippen molar-refractivity contribution in [1.82, 2.24) is 9.80 Å². The van der Waals surface area contributed by atoms with Crippen molar-refractivity contribution in [2.75, 3.05) is 40.3 Å². The molecule has 2 heterocycles. The van der Waals surface area contributed by atoms with Gasteiger partial charge in [0.25, 0.3) is 0 Å². The van der Waals surface area contributed by atoms with Gasteiger partial charge in [0.05, 0.1) is 6.10 Å². The molecule has 0 unspecified atom stereocenters. The lowest BCUT2D eigenvalue weighted by molar-refractivity contribution is -0.0328. The van der Waals surface area contributed by atoms with Crippen LogP contribution in [0.5, 0.6) is 0 Å². The lowest BCUT2D eigenvalue weighted by atomic mass is 9.79. The zero-order valence-electron chi connectivity index (χ0n) is 9.91. The minimum Gasteiger partial charge on any atom is -0.381 e. The number of hydrogen-bond donors (Lipinski definition) is 0. The Morgan fingerprint density at radius 3 is 2.53 bits per heavy atom. The van der Waals surface area contributed by atoms with Gasteiger partial charge in [-0.25, -0.2) is 0 Å². The van der Waals surface area contributed by atoms with Crippen molar-refractivity contribution in [2.45, 2.75) is 31.4 Å². The highest BCUT2D eigenvalue weighted by Crippen LogP contribution is 2.42.